The van der Waals surface area contributed by atoms with Gasteiger partial charge in [-0.3, -0.25) is 0 Å². The predicted octanol–water partition coefficient (Wildman–Crippen LogP) is 0.537. The first-order chi connectivity index (χ1) is 8.76. The summed E-state index contributed by atoms with van der Waals surface area (Å²) in [6, 6.07) is 0.354. The first-order valence-electron chi connectivity index (χ1n) is 6.11. The Hall–Kier alpha value is -1.63. The van der Waals surface area contributed by atoms with E-state index in [1.807, 2.05) is 6.92 Å². The normalized spacial score (nSPS) is 19.1. The minimum atomic E-state index is 0.246. The quantitative estimate of drug-likeness (QED) is 0.820. The maximum Gasteiger partial charge on any atom is 0.323 e. The maximum absolute atomic E-state index is 5.34. The summed E-state index contributed by atoms with van der Waals surface area (Å²) in [5, 5.41) is 2.91. The highest BCUT2D eigenvalue weighted by molar-refractivity contribution is 5.39. The Balaban J connectivity index is 2.18. The highest BCUT2D eigenvalue weighted by atomic mass is 16.5. The Bertz CT molecular complexity index is 401. The van der Waals surface area contributed by atoms with Crippen LogP contribution in [0, 0.1) is 0 Å². The summed E-state index contributed by atoms with van der Waals surface area (Å²) in [6.07, 6.45) is 1.23. The third kappa shape index (κ3) is 2.79. The Morgan fingerprint density at radius 1 is 1.39 bits per heavy atom. The number of hydrogen-bond acceptors (Lipinski definition) is 7. The van der Waals surface area contributed by atoms with E-state index in [4.69, 9.17) is 9.47 Å². The number of ether oxygens (including phenoxy) is 2. The van der Waals surface area contributed by atoms with Crippen LogP contribution in [0.25, 0.3) is 0 Å². The molecule has 0 aromatic carbocycles. The van der Waals surface area contributed by atoms with E-state index in [-0.39, 0.29) is 6.10 Å². The second-order valence-corrected chi connectivity index (χ2v) is 4.02. The summed E-state index contributed by atoms with van der Waals surface area (Å²) in [6.45, 7) is 4.12. The van der Waals surface area contributed by atoms with E-state index in [9.17, 15) is 0 Å². The Labute approximate surface area is 107 Å². The molecular formula is C11H19N5O2. The zero-order valence-electron chi connectivity index (χ0n) is 11.0. The monoisotopic (exact) mass is 253 g/mol. The van der Waals surface area contributed by atoms with Crippen molar-refractivity contribution in [2.45, 2.75) is 19.4 Å². The van der Waals surface area contributed by atoms with Crippen molar-refractivity contribution in [1.82, 2.24) is 15.0 Å². The van der Waals surface area contributed by atoms with Crippen LogP contribution in [0.3, 0.4) is 0 Å². The van der Waals surface area contributed by atoms with Crippen LogP contribution < -0.4 is 15.0 Å². The minimum absolute atomic E-state index is 0.246. The molecule has 1 aromatic rings. The summed E-state index contributed by atoms with van der Waals surface area (Å²) in [5.41, 5.74) is 0. The number of anilines is 2. The third-order valence-corrected chi connectivity index (χ3v) is 2.86. The molecule has 100 valence electrons. The molecule has 2 rings (SSSR count). The summed E-state index contributed by atoms with van der Waals surface area (Å²) in [4.78, 5) is 14.9. The molecule has 1 atom stereocenters. The van der Waals surface area contributed by atoms with Crippen molar-refractivity contribution in [2.24, 2.45) is 0 Å². The lowest BCUT2D eigenvalue weighted by Crippen LogP contribution is -2.25. The maximum atomic E-state index is 5.34. The van der Waals surface area contributed by atoms with Gasteiger partial charge in [0.05, 0.1) is 12.7 Å². The van der Waals surface area contributed by atoms with Crippen LogP contribution in [0.1, 0.15) is 13.3 Å². The minimum Gasteiger partial charge on any atom is -0.464 e. The topological polar surface area (TPSA) is 72.4 Å². The number of rotatable bonds is 5. The smallest absolute Gasteiger partial charge is 0.323 e. The summed E-state index contributed by atoms with van der Waals surface area (Å²) in [5.74, 6) is 1.15. The van der Waals surface area contributed by atoms with Gasteiger partial charge in [-0.15, -0.1) is 0 Å². The molecule has 1 fully saturated rings. The van der Waals surface area contributed by atoms with Crippen molar-refractivity contribution >= 4 is 11.9 Å². The van der Waals surface area contributed by atoms with Gasteiger partial charge >= 0.3 is 6.01 Å². The number of aromatic nitrogens is 3. The Morgan fingerprint density at radius 2 is 2.22 bits per heavy atom. The fourth-order valence-corrected chi connectivity index (χ4v) is 1.89. The van der Waals surface area contributed by atoms with Crippen molar-refractivity contribution in [2.75, 3.05) is 44.1 Å². The zero-order chi connectivity index (χ0) is 13.0. The fourth-order valence-electron chi connectivity index (χ4n) is 1.89. The van der Waals surface area contributed by atoms with E-state index in [0.29, 0.717) is 24.5 Å². The largest absolute Gasteiger partial charge is 0.464 e. The van der Waals surface area contributed by atoms with Gasteiger partial charge in [0.15, 0.2) is 0 Å². The number of hydrogen-bond donors (Lipinski definition) is 1. The van der Waals surface area contributed by atoms with Crippen LogP contribution in [0.5, 0.6) is 6.01 Å². The predicted molar refractivity (Wildman–Crippen MR) is 68.2 cm³/mol. The van der Waals surface area contributed by atoms with E-state index in [0.717, 1.165) is 19.5 Å². The molecule has 0 bridgehead atoms. The van der Waals surface area contributed by atoms with E-state index in [1.165, 1.54) is 0 Å². The second-order valence-electron chi connectivity index (χ2n) is 4.02. The molecule has 1 aliphatic heterocycles. The van der Waals surface area contributed by atoms with Gasteiger partial charge in [-0.1, -0.05) is 0 Å². The number of methoxy groups -OCH3 is 1. The van der Waals surface area contributed by atoms with Crippen molar-refractivity contribution in [3.8, 4) is 6.01 Å². The molecule has 0 amide bonds. The lowest BCUT2D eigenvalue weighted by atomic mass is 10.3. The lowest BCUT2D eigenvalue weighted by molar-refractivity contribution is 0.121. The standard InChI is InChI=1S/C11H19N5O2/c1-4-18-11-14-9(12-2)13-10(15-11)16-6-5-8(7-16)17-3/h8H,4-7H2,1-3H3,(H,12,13,14,15). The highest BCUT2D eigenvalue weighted by Crippen LogP contribution is 2.20. The van der Waals surface area contributed by atoms with Crippen molar-refractivity contribution < 1.29 is 9.47 Å². The molecule has 1 unspecified atom stereocenters. The van der Waals surface area contributed by atoms with Gasteiger partial charge in [-0.2, -0.15) is 15.0 Å². The Kier molecular flexibility index (Phi) is 4.14. The van der Waals surface area contributed by atoms with Crippen LogP contribution in [0.4, 0.5) is 11.9 Å². The van der Waals surface area contributed by atoms with Crippen LogP contribution >= 0.6 is 0 Å². The number of nitrogens with one attached hydrogen (secondary N) is 1. The van der Waals surface area contributed by atoms with E-state index in [1.54, 1.807) is 14.2 Å². The van der Waals surface area contributed by atoms with E-state index >= 15 is 0 Å². The molecule has 7 heteroatoms. The summed E-state index contributed by atoms with van der Waals surface area (Å²) >= 11 is 0. The van der Waals surface area contributed by atoms with Gasteiger partial charge in [0, 0.05) is 27.2 Å². The van der Waals surface area contributed by atoms with Gasteiger partial charge in [-0.25, -0.2) is 0 Å². The molecule has 0 saturated carbocycles. The molecule has 2 heterocycles. The van der Waals surface area contributed by atoms with Gasteiger partial charge in [0.1, 0.15) is 0 Å². The second kappa shape index (κ2) is 5.81. The van der Waals surface area contributed by atoms with Crippen LogP contribution in [-0.4, -0.2) is 54.9 Å². The van der Waals surface area contributed by atoms with Crippen LogP contribution in [0.15, 0.2) is 0 Å². The average molecular weight is 253 g/mol. The molecule has 1 N–H and O–H groups in total. The van der Waals surface area contributed by atoms with Gasteiger partial charge in [-0.05, 0) is 13.3 Å². The SMILES string of the molecule is CCOc1nc(NC)nc(N2CCC(OC)C2)n1. The highest BCUT2D eigenvalue weighted by Gasteiger charge is 2.25. The van der Waals surface area contributed by atoms with E-state index in [2.05, 4.69) is 25.2 Å². The fraction of sp³-hybridized carbons (Fsp3) is 0.727. The lowest BCUT2D eigenvalue weighted by Gasteiger charge is -2.17. The molecule has 1 aliphatic rings. The first kappa shape index (κ1) is 12.8. The molecule has 0 aliphatic carbocycles. The van der Waals surface area contributed by atoms with E-state index < -0.39 is 0 Å². The first-order valence-corrected chi connectivity index (χ1v) is 6.11. The third-order valence-electron chi connectivity index (χ3n) is 2.86. The molecule has 0 radical (unpaired) electrons. The van der Waals surface area contributed by atoms with Crippen LogP contribution in [-0.2, 0) is 4.74 Å². The van der Waals surface area contributed by atoms with Gasteiger partial charge in [0.2, 0.25) is 11.9 Å². The van der Waals surface area contributed by atoms with Crippen LogP contribution in [0.2, 0.25) is 0 Å². The molecular weight excluding hydrogens is 234 g/mol. The summed E-state index contributed by atoms with van der Waals surface area (Å²) in [7, 11) is 3.50. The summed E-state index contributed by atoms with van der Waals surface area (Å²) < 4.78 is 10.7. The van der Waals surface area contributed by atoms with Gasteiger partial charge < -0.3 is 19.7 Å². The van der Waals surface area contributed by atoms with Crippen molar-refractivity contribution in [3.05, 3.63) is 0 Å². The molecule has 1 saturated heterocycles. The Morgan fingerprint density at radius 3 is 2.83 bits per heavy atom. The number of nitrogens with zero attached hydrogens (tertiary/aromatic N) is 4. The molecule has 0 spiro atoms. The zero-order valence-corrected chi connectivity index (χ0v) is 11.0. The van der Waals surface area contributed by atoms with Crippen molar-refractivity contribution in [3.63, 3.8) is 0 Å². The van der Waals surface area contributed by atoms with Crippen molar-refractivity contribution in [1.29, 1.82) is 0 Å². The van der Waals surface area contributed by atoms with Gasteiger partial charge in [0.25, 0.3) is 0 Å². The molecule has 18 heavy (non-hydrogen) atoms. The average Bonchev–Trinajstić information content (AvgIpc) is 2.87. The molecule has 1 aromatic heterocycles. The molecule has 7 nitrogen and oxygen atoms in total.